The molecule has 0 aliphatic carbocycles. The molecule has 0 unspecified atom stereocenters. The van der Waals surface area contributed by atoms with E-state index in [1.807, 2.05) is 19.1 Å². The van der Waals surface area contributed by atoms with Crippen molar-refractivity contribution in [1.29, 1.82) is 0 Å². The van der Waals surface area contributed by atoms with E-state index in [0.717, 1.165) is 0 Å². The van der Waals surface area contributed by atoms with Gasteiger partial charge in [0.25, 0.3) is 5.91 Å². The molecule has 0 saturated carbocycles. The summed E-state index contributed by atoms with van der Waals surface area (Å²) < 4.78 is 21.6. The summed E-state index contributed by atoms with van der Waals surface area (Å²) >= 11 is 0. The van der Waals surface area contributed by atoms with Crippen LogP contribution in [0.25, 0.3) is 0 Å². The molecule has 1 amide bonds. The second-order valence-corrected chi connectivity index (χ2v) is 5.22. The highest BCUT2D eigenvalue weighted by Crippen LogP contribution is 2.30. The molecule has 0 aliphatic heterocycles. The zero-order valence-corrected chi connectivity index (χ0v) is 14.9. The van der Waals surface area contributed by atoms with Crippen LogP contribution in [0.4, 0.5) is 5.69 Å². The molecule has 0 aromatic heterocycles. The zero-order chi connectivity index (χ0) is 18.2. The van der Waals surface area contributed by atoms with Gasteiger partial charge in [-0.3, -0.25) is 4.79 Å². The maximum Gasteiger partial charge on any atom is 0.265 e. The number of carbonyl (C=O) groups is 1. The quantitative estimate of drug-likeness (QED) is 0.793. The van der Waals surface area contributed by atoms with Gasteiger partial charge in [0.1, 0.15) is 11.5 Å². The van der Waals surface area contributed by atoms with E-state index in [9.17, 15) is 4.79 Å². The topological polar surface area (TPSA) is 66.0 Å². The van der Waals surface area contributed by atoms with Gasteiger partial charge >= 0.3 is 0 Å². The number of rotatable bonds is 8. The maximum absolute atomic E-state index is 12.6. The first-order chi connectivity index (χ1) is 12.1. The van der Waals surface area contributed by atoms with E-state index >= 15 is 0 Å². The fourth-order valence-electron chi connectivity index (χ4n) is 2.32. The second-order valence-electron chi connectivity index (χ2n) is 5.22. The van der Waals surface area contributed by atoms with E-state index in [2.05, 4.69) is 5.32 Å². The Balaban J connectivity index is 2.17. The van der Waals surface area contributed by atoms with E-state index in [1.165, 1.54) is 0 Å². The summed E-state index contributed by atoms with van der Waals surface area (Å²) in [6.07, 6.45) is -0.178. The lowest BCUT2D eigenvalue weighted by molar-refractivity contribution is -0.122. The van der Waals surface area contributed by atoms with Crippen molar-refractivity contribution in [3.63, 3.8) is 0 Å². The number of nitrogens with one attached hydrogen (secondary N) is 1. The fraction of sp³-hybridized carbons (Fsp3) is 0.316. The Morgan fingerprint density at radius 3 is 2.24 bits per heavy atom. The molecule has 1 N–H and O–H groups in total. The summed E-state index contributed by atoms with van der Waals surface area (Å²) in [5.74, 6) is 1.98. The van der Waals surface area contributed by atoms with Crippen molar-refractivity contribution in [2.24, 2.45) is 0 Å². The van der Waals surface area contributed by atoms with Crippen LogP contribution in [-0.4, -0.2) is 33.3 Å². The molecule has 0 aliphatic rings. The van der Waals surface area contributed by atoms with Crippen molar-refractivity contribution in [3.8, 4) is 23.0 Å². The minimum Gasteiger partial charge on any atom is -0.497 e. The number of para-hydroxylation sites is 2. The van der Waals surface area contributed by atoms with Crippen LogP contribution in [0, 0.1) is 0 Å². The van der Waals surface area contributed by atoms with Gasteiger partial charge in [0.15, 0.2) is 17.6 Å². The van der Waals surface area contributed by atoms with Gasteiger partial charge in [-0.25, -0.2) is 0 Å². The Morgan fingerprint density at radius 2 is 1.64 bits per heavy atom. The lowest BCUT2D eigenvalue weighted by atomic mass is 10.2. The molecular weight excluding hydrogens is 322 g/mol. The number of amides is 1. The summed E-state index contributed by atoms with van der Waals surface area (Å²) in [6.45, 7) is 1.88. The van der Waals surface area contributed by atoms with Crippen LogP contribution < -0.4 is 24.3 Å². The Bertz CT molecular complexity index is 717. The minimum absolute atomic E-state index is 0.278. The smallest absolute Gasteiger partial charge is 0.265 e. The predicted molar refractivity (Wildman–Crippen MR) is 95.9 cm³/mol. The molecule has 2 rings (SSSR count). The van der Waals surface area contributed by atoms with E-state index in [1.54, 1.807) is 51.7 Å². The number of hydrogen-bond acceptors (Lipinski definition) is 5. The first-order valence-electron chi connectivity index (χ1n) is 7.95. The van der Waals surface area contributed by atoms with Crippen molar-refractivity contribution in [2.45, 2.75) is 19.4 Å². The Morgan fingerprint density at radius 1 is 0.960 bits per heavy atom. The number of benzene rings is 2. The van der Waals surface area contributed by atoms with Gasteiger partial charge in [-0.05, 0) is 30.7 Å². The van der Waals surface area contributed by atoms with Gasteiger partial charge in [-0.2, -0.15) is 0 Å². The first kappa shape index (κ1) is 18.4. The molecule has 134 valence electrons. The molecule has 0 radical (unpaired) electrons. The van der Waals surface area contributed by atoms with Crippen molar-refractivity contribution in [3.05, 3.63) is 42.5 Å². The highest BCUT2D eigenvalue weighted by Gasteiger charge is 2.21. The summed E-state index contributed by atoms with van der Waals surface area (Å²) in [5, 5.41) is 2.84. The summed E-state index contributed by atoms with van der Waals surface area (Å²) in [4.78, 5) is 12.6. The van der Waals surface area contributed by atoms with Crippen LogP contribution in [0.3, 0.4) is 0 Å². The second kappa shape index (κ2) is 8.82. The number of methoxy groups -OCH3 is 3. The Labute approximate surface area is 147 Å². The van der Waals surface area contributed by atoms with Crippen molar-refractivity contribution in [1.82, 2.24) is 0 Å². The third kappa shape index (κ3) is 4.56. The molecule has 6 nitrogen and oxygen atoms in total. The summed E-state index contributed by atoms with van der Waals surface area (Å²) in [5.41, 5.74) is 0.522. The third-order valence-corrected chi connectivity index (χ3v) is 3.67. The van der Waals surface area contributed by atoms with Crippen molar-refractivity contribution < 1.29 is 23.7 Å². The lowest BCUT2D eigenvalue weighted by Gasteiger charge is -2.19. The Hall–Kier alpha value is -2.89. The highest BCUT2D eigenvalue weighted by atomic mass is 16.5. The standard InChI is InChI=1S/C19H23NO5/c1-5-15(25-18-9-7-6-8-17(18)24-4)19(21)20-14-12-13(22-2)10-11-16(14)23-3/h6-12,15H,5H2,1-4H3,(H,20,21)/t15-/m0/s1. The summed E-state index contributed by atoms with van der Waals surface area (Å²) in [6, 6.07) is 12.4. The molecule has 25 heavy (non-hydrogen) atoms. The number of ether oxygens (including phenoxy) is 4. The molecule has 2 aromatic carbocycles. The normalized spacial score (nSPS) is 11.4. The van der Waals surface area contributed by atoms with Crippen molar-refractivity contribution in [2.75, 3.05) is 26.6 Å². The minimum atomic E-state index is -0.674. The fourth-order valence-corrected chi connectivity index (χ4v) is 2.32. The van der Waals surface area contributed by atoms with Crippen LogP contribution in [0.15, 0.2) is 42.5 Å². The number of anilines is 1. The van der Waals surface area contributed by atoms with Gasteiger partial charge in [0.05, 0.1) is 27.0 Å². The predicted octanol–water partition coefficient (Wildman–Crippen LogP) is 3.51. The van der Waals surface area contributed by atoms with Gasteiger partial charge in [-0.15, -0.1) is 0 Å². The monoisotopic (exact) mass is 345 g/mol. The highest BCUT2D eigenvalue weighted by molar-refractivity contribution is 5.96. The van der Waals surface area contributed by atoms with Gasteiger partial charge in [0, 0.05) is 6.07 Å². The molecule has 0 fully saturated rings. The SMILES string of the molecule is CC[C@H](Oc1ccccc1OC)C(=O)Nc1cc(OC)ccc1OC. The van der Waals surface area contributed by atoms with Crippen LogP contribution in [0.2, 0.25) is 0 Å². The average Bonchev–Trinajstić information content (AvgIpc) is 2.66. The Kier molecular flexibility index (Phi) is 6.51. The lowest BCUT2D eigenvalue weighted by Crippen LogP contribution is -2.32. The van der Waals surface area contributed by atoms with Crippen molar-refractivity contribution >= 4 is 11.6 Å². The van der Waals surface area contributed by atoms with E-state index in [-0.39, 0.29) is 5.91 Å². The van der Waals surface area contributed by atoms with E-state index in [4.69, 9.17) is 18.9 Å². The molecular formula is C19H23NO5. The molecule has 0 saturated heterocycles. The first-order valence-corrected chi connectivity index (χ1v) is 7.95. The average molecular weight is 345 g/mol. The van der Waals surface area contributed by atoms with E-state index < -0.39 is 6.10 Å². The van der Waals surface area contributed by atoms with E-state index in [0.29, 0.717) is 35.1 Å². The maximum atomic E-state index is 12.6. The number of carbonyl (C=O) groups excluding carboxylic acids is 1. The van der Waals surface area contributed by atoms with Crippen LogP contribution in [-0.2, 0) is 4.79 Å². The molecule has 0 spiro atoms. The number of hydrogen-bond donors (Lipinski definition) is 1. The summed E-state index contributed by atoms with van der Waals surface area (Å²) in [7, 11) is 4.66. The largest absolute Gasteiger partial charge is 0.497 e. The molecule has 0 heterocycles. The zero-order valence-electron chi connectivity index (χ0n) is 14.9. The van der Waals surface area contributed by atoms with Crippen LogP contribution in [0.1, 0.15) is 13.3 Å². The van der Waals surface area contributed by atoms with Gasteiger partial charge in [-0.1, -0.05) is 19.1 Å². The third-order valence-electron chi connectivity index (χ3n) is 3.67. The molecule has 6 heteroatoms. The van der Waals surface area contributed by atoms with Gasteiger partial charge < -0.3 is 24.3 Å². The van der Waals surface area contributed by atoms with Crippen LogP contribution in [0.5, 0.6) is 23.0 Å². The molecule has 2 aromatic rings. The molecule has 1 atom stereocenters. The van der Waals surface area contributed by atoms with Crippen LogP contribution >= 0.6 is 0 Å². The van der Waals surface area contributed by atoms with Gasteiger partial charge in [0.2, 0.25) is 0 Å². The molecule has 0 bridgehead atoms.